The van der Waals surface area contributed by atoms with Gasteiger partial charge in [0.2, 0.25) is 5.91 Å². The van der Waals surface area contributed by atoms with Crippen LogP contribution in [0.25, 0.3) is 0 Å². The zero-order valence-electron chi connectivity index (χ0n) is 21.2. The summed E-state index contributed by atoms with van der Waals surface area (Å²) < 4.78 is 5.93. The summed E-state index contributed by atoms with van der Waals surface area (Å²) in [4.78, 5) is 30.4. The van der Waals surface area contributed by atoms with Crippen molar-refractivity contribution in [3.63, 3.8) is 0 Å². The lowest BCUT2D eigenvalue weighted by Gasteiger charge is -2.32. The molecule has 1 aliphatic rings. The van der Waals surface area contributed by atoms with Gasteiger partial charge in [-0.1, -0.05) is 43.7 Å². The van der Waals surface area contributed by atoms with Crippen LogP contribution in [0.4, 0.5) is 0 Å². The van der Waals surface area contributed by atoms with Crippen LogP contribution in [-0.4, -0.2) is 80.6 Å². The summed E-state index contributed by atoms with van der Waals surface area (Å²) in [6.45, 7) is 8.93. The number of unbranched alkanes of at least 4 members (excludes halogenated alkanes) is 1. The standard InChI is InChI=1S/C28H40N4O3/c1-3-4-15-29-28(34)26(30-27(33)24-9-6-5-7-10-24)22-23-11-13-25(14-12-23)35-21-8-16-32-19-17-31(2)18-20-32/h5-7,9-14,26H,3-4,8,15-22H2,1-2H3,(H,29,34)(H,30,33). The van der Waals surface area contributed by atoms with Crippen LogP contribution in [0, 0.1) is 0 Å². The van der Waals surface area contributed by atoms with Crippen molar-refractivity contribution >= 4 is 11.8 Å². The highest BCUT2D eigenvalue weighted by Crippen LogP contribution is 2.15. The molecule has 7 nitrogen and oxygen atoms in total. The number of likely N-dealkylation sites (N-methyl/N-ethyl adjacent to an activating group) is 1. The van der Waals surface area contributed by atoms with E-state index in [4.69, 9.17) is 4.74 Å². The van der Waals surface area contributed by atoms with Crippen molar-refractivity contribution in [3.05, 3.63) is 65.7 Å². The van der Waals surface area contributed by atoms with Crippen LogP contribution in [0.1, 0.15) is 42.1 Å². The maximum atomic E-state index is 12.8. The first-order valence-electron chi connectivity index (χ1n) is 12.8. The Morgan fingerprint density at radius 2 is 1.69 bits per heavy atom. The van der Waals surface area contributed by atoms with E-state index >= 15 is 0 Å². The average Bonchev–Trinajstić information content (AvgIpc) is 2.88. The third kappa shape index (κ3) is 9.34. The minimum absolute atomic E-state index is 0.160. The molecule has 1 atom stereocenters. The molecule has 2 aromatic carbocycles. The molecule has 0 radical (unpaired) electrons. The fourth-order valence-electron chi connectivity index (χ4n) is 4.06. The van der Waals surface area contributed by atoms with E-state index in [1.165, 1.54) is 0 Å². The van der Waals surface area contributed by atoms with E-state index in [1.807, 2.05) is 42.5 Å². The molecule has 0 aromatic heterocycles. The number of nitrogens with zero attached hydrogens (tertiary/aromatic N) is 2. The largest absolute Gasteiger partial charge is 0.494 e. The highest BCUT2D eigenvalue weighted by atomic mass is 16.5. The molecule has 1 fully saturated rings. The minimum Gasteiger partial charge on any atom is -0.494 e. The van der Waals surface area contributed by atoms with Gasteiger partial charge in [-0.3, -0.25) is 9.59 Å². The van der Waals surface area contributed by atoms with Gasteiger partial charge in [-0.2, -0.15) is 0 Å². The first-order chi connectivity index (χ1) is 17.0. The number of benzene rings is 2. The number of piperazine rings is 1. The van der Waals surface area contributed by atoms with Crippen LogP contribution in [0.15, 0.2) is 54.6 Å². The van der Waals surface area contributed by atoms with Gasteiger partial charge >= 0.3 is 0 Å². The number of rotatable bonds is 13. The molecule has 1 heterocycles. The molecule has 0 aliphatic carbocycles. The van der Waals surface area contributed by atoms with Gasteiger partial charge < -0.3 is 25.2 Å². The fraction of sp³-hybridized carbons (Fsp3) is 0.500. The Morgan fingerprint density at radius 1 is 0.971 bits per heavy atom. The van der Waals surface area contributed by atoms with E-state index in [0.29, 0.717) is 25.1 Å². The number of nitrogens with one attached hydrogen (secondary N) is 2. The Labute approximate surface area is 209 Å². The van der Waals surface area contributed by atoms with Crippen LogP contribution in [0.3, 0.4) is 0 Å². The van der Waals surface area contributed by atoms with E-state index in [1.54, 1.807) is 12.1 Å². The molecule has 2 aromatic rings. The number of hydrogen-bond donors (Lipinski definition) is 2. The Balaban J connectivity index is 1.50. The van der Waals surface area contributed by atoms with Crippen molar-refractivity contribution in [1.29, 1.82) is 0 Å². The molecule has 1 aliphatic heterocycles. The predicted octanol–water partition coefficient (Wildman–Crippen LogP) is 2.96. The third-order valence-electron chi connectivity index (χ3n) is 6.33. The molecule has 7 heteroatoms. The maximum absolute atomic E-state index is 12.8. The van der Waals surface area contributed by atoms with Crippen molar-refractivity contribution in [2.24, 2.45) is 0 Å². The van der Waals surface area contributed by atoms with Crippen molar-refractivity contribution in [3.8, 4) is 5.75 Å². The van der Waals surface area contributed by atoms with Crippen molar-refractivity contribution in [2.75, 3.05) is 52.9 Å². The molecule has 0 bridgehead atoms. The summed E-state index contributed by atoms with van der Waals surface area (Å²) >= 11 is 0. The first kappa shape index (κ1) is 26.7. The Bertz CT molecular complexity index is 896. The summed E-state index contributed by atoms with van der Waals surface area (Å²) in [6.07, 6.45) is 3.32. The molecule has 0 spiro atoms. The lowest BCUT2D eigenvalue weighted by molar-refractivity contribution is -0.122. The molecule has 2 amide bonds. The van der Waals surface area contributed by atoms with E-state index in [2.05, 4.69) is 34.4 Å². The van der Waals surface area contributed by atoms with Crippen LogP contribution in [0.2, 0.25) is 0 Å². The Morgan fingerprint density at radius 3 is 2.37 bits per heavy atom. The maximum Gasteiger partial charge on any atom is 0.251 e. The Hall–Kier alpha value is -2.90. The summed E-state index contributed by atoms with van der Waals surface area (Å²) in [5.41, 5.74) is 1.51. The topological polar surface area (TPSA) is 73.9 Å². The lowest BCUT2D eigenvalue weighted by atomic mass is 10.0. The molecular weight excluding hydrogens is 440 g/mol. The van der Waals surface area contributed by atoms with Gasteiger partial charge in [0, 0.05) is 51.3 Å². The highest BCUT2D eigenvalue weighted by molar-refractivity contribution is 5.97. The van der Waals surface area contributed by atoms with Gasteiger partial charge in [-0.15, -0.1) is 0 Å². The monoisotopic (exact) mass is 480 g/mol. The number of carbonyl (C=O) groups is 2. The number of hydrogen-bond acceptors (Lipinski definition) is 5. The molecule has 1 saturated heterocycles. The number of carbonyl (C=O) groups excluding carboxylic acids is 2. The number of amides is 2. The molecular formula is C28H40N4O3. The fourth-order valence-corrected chi connectivity index (χ4v) is 4.06. The van der Waals surface area contributed by atoms with Gasteiger partial charge in [0.15, 0.2) is 0 Å². The van der Waals surface area contributed by atoms with Gasteiger partial charge in [-0.05, 0) is 49.7 Å². The van der Waals surface area contributed by atoms with E-state index in [-0.39, 0.29) is 11.8 Å². The SMILES string of the molecule is CCCCNC(=O)C(Cc1ccc(OCCCN2CCN(C)CC2)cc1)NC(=O)c1ccccc1. The van der Waals surface area contributed by atoms with Crippen molar-refractivity contribution < 1.29 is 14.3 Å². The predicted molar refractivity (Wildman–Crippen MR) is 140 cm³/mol. The Kier molecular flexibility index (Phi) is 11.1. The van der Waals surface area contributed by atoms with E-state index in [9.17, 15) is 9.59 Å². The highest BCUT2D eigenvalue weighted by Gasteiger charge is 2.21. The van der Waals surface area contributed by atoms with Crippen LogP contribution in [-0.2, 0) is 11.2 Å². The van der Waals surface area contributed by atoms with Crippen LogP contribution < -0.4 is 15.4 Å². The first-order valence-corrected chi connectivity index (χ1v) is 12.8. The minimum atomic E-state index is -0.644. The van der Waals surface area contributed by atoms with E-state index < -0.39 is 6.04 Å². The van der Waals surface area contributed by atoms with Gasteiger partial charge in [-0.25, -0.2) is 0 Å². The average molecular weight is 481 g/mol. The van der Waals surface area contributed by atoms with Crippen LogP contribution >= 0.6 is 0 Å². The van der Waals surface area contributed by atoms with Gasteiger partial charge in [0.05, 0.1) is 6.61 Å². The summed E-state index contributed by atoms with van der Waals surface area (Å²) in [6, 6.07) is 16.2. The number of ether oxygens (including phenoxy) is 1. The second kappa shape index (κ2) is 14.5. The second-order valence-corrected chi connectivity index (χ2v) is 9.23. The van der Waals surface area contributed by atoms with E-state index in [0.717, 1.165) is 63.3 Å². The summed E-state index contributed by atoms with van der Waals surface area (Å²) in [7, 11) is 2.17. The lowest BCUT2D eigenvalue weighted by Crippen LogP contribution is -2.48. The zero-order chi connectivity index (χ0) is 24.9. The second-order valence-electron chi connectivity index (χ2n) is 9.23. The molecule has 1 unspecified atom stereocenters. The van der Waals surface area contributed by atoms with Gasteiger partial charge in [0.1, 0.15) is 11.8 Å². The van der Waals surface area contributed by atoms with Crippen molar-refractivity contribution in [2.45, 2.75) is 38.6 Å². The quantitative estimate of drug-likeness (QED) is 0.431. The molecule has 35 heavy (non-hydrogen) atoms. The van der Waals surface area contributed by atoms with Crippen molar-refractivity contribution in [1.82, 2.24) is 20.4 Å². The normalized spacial score (nSPS) is 15.4. The molecule has 190 valence electrons. The zero-order valence-corrected chi connectivity index (χ0v) is 21.2. The molecule has 3 rings (SSSR count). The van der Waals surface area contributed by atoms with Gasteiger partial charge in [0.25, 0.3) is 5.91 Å². The molecule has 2 N–H and O–H groups in total. The summed E-state index contributed by atoms with van der Waals surface area (Å²) in [5, 5.41) is 5.86. The third-order valence-corrected chi connectivity index (χ3v) is 6.33. The smallest absolute Gasteiger partial charge is 0.251 e. The summed E-state index contributed by atoms with van der Waals surface area (Å²) in [5.74, 6) is 0.415. The molecule has 0 saturated carbocycles. The van der Waals surface area contributed by atoms with Crippen LogP contribution in [0.5, 0.6) is 5.75 Å².